The van der Waals surface area contributed by atoms with Gasteiger partial charge in [-0.25, -0.2) is 9.59 Å². The van der Waals surface area contributed by atoms with E-state index in [1.165, 1.54) is 6.07 Å². The first-order chi connectivity index (χ1) is 22.6. The highest BCUT2D eigenvalue weighted by Crippen LogP contribution is 2.29. The molecule has 0 unspecified atom stereocenters. The summed E-state index contributed by atoms with van der Waals surface area (Å²) in [7, 11) is 0. The number of ether oxygens (including phenoxy) is 3. The molecular formula is C37H36Cl2O8. The largest absolute Gasteiger partial charge is 0.508 e. The van der Waals surface area contributed by atoms with E-state index in [2.05, 4.69) is 0 Å². The van der Waals surface area contributed by atoms with Crippen molar-refractivity contribution < 1.29 is 37.7 Å². The van der Waals surface area contributed by atoms with Crippen LogP contribution in [0.25, 0.3) is 0 Å². The minimum Gasteiger partial charge on any atom is -0.508 e. The molecule has 2 heterocycles. The standard InChI is InChI=1S/C22H21ClO4.C15H15ClO4/c1-3-25-22(24)21-15(2)11-19(27-21)13-17-12-18(23)9-10-20(17)26-14-16-7-5-4-6-8-16;1-3-19-15(18)14-9(2)6-12(20-14)8-10-7-11(16)4-5-13(10)17/h4-12H,3,13-14H2,1-2H3;4-7,17H,3,8H2,1-2H3. The van der Waals surface area contributed by atoms with Crippen LogP contribution in [-0.4, -0.2) is 30.3 Å². The molecular weight excluding hydrogens is 643 g/mol. The molecule has 0 amide bonds. The second-order valence-corrected chi connectivity index (χ2v) is 11.4. The fraction of sp³-hybridized carbons (Fsp3) is 0.243. The summed E-state index contributed by atoms with van der Waals surface area (Å²) in [5.74, 6) is 1.60. The molecule has 0 spiro atoms. The molecule has 0 aliphatic carbocycles. The first-order valence-corrected chi connectivity index (χ1v) is 15.8. The van der Waals surface area contributed by atoms with Gasteiger partial charge in [-0.15, -0.1) is 0 Å². The van der Waals surface area contributed by atoms with Crippen molar-refractivity contribution in [1.29, 1.82) is 0 Å². The predicted molar refractivity (Wildman–Crippen MR) is 180 cm³/mol. The first-order valence-electron chi connectivity index (χ1n) is 15.0. The summed E-state index contributed by atoms with van der Waals surface area (Å²) in [4.78, 5) is 23.6. The molecule has 8 nitrogen and oxygen atoms in total. The molecule has 0 aliphatic rings. The van der Waals surface area contributed by atoms with Crippen molar-refractivity contribution in [2.45, 2.75) is 47.1 Å². The summed E-state index contributed by atoms with van der Waals surface area (Å²) in [6.07, 6.45) is 0.817. The Kier molecular flexibility index (Phi) is 12.6. The maximum Gasteiger partial charge on any atom is 0.374 e. The molecule has 47 heavy (non-hydrogen) atoms. The molecule has 5 rings (SSSR count). The van der Waals surface area contributed by atoms with Gasteiger partial charge in [0.25, 0.3) is 0 Å². The van der Waals surface area contributed by atoms with E-state index in [1.54, 1.807) is 45.0 Å². The molecule has 0 bridgehead atoms. The zero-order valence-electron chi connectivity index (χ0n) is 26.6. The Morgan fingerprint density at radius 3 is 1.77 bits per heavy atom. The summed E-state index contributed by atoms with van der Waals surface area (Å²) < 4.78 is 27.1. The van der Waals surface area contributed by atoms with Gasteiger partial charge >= 0.3 is 11.9 Å². The van der Waals surface area contributed by atoms with E-state index in [4.69, 9.17) is 46.2 Å². The van der Waals surface area contributed by atoms with E-state index in [9.17, 15) is 14.7 Å². The van der Waals surface area contributed by atoms with E-state index in [0.717, 1.165) is 22.4 Å². The molecule has 0 saturated carbocycles. The van der Waals surface area contributed by atoms with Gasteiger partial charge in [0.15, 0.2) is 0 Å². The number of phenols is 1. The van der Waals surface area contributed by atoms with Crippen molar-refractivity contribution >= 4 is 35.1 Å². The highest BCUT2D eigenvalue weighted by molar-refractivity contribution is 6.31. The summed E-state index contributed by atoms with van der Waals surface area (Å²) >= 11 is 12.1. The maximum absolute atomic E-state index is 11.9. The van der Waals surface area contributed by atoms with Crippen LogP contribution in [0.1, 0.15) is 74.3 Å². The topological polar surface area (TPSA) is 108 Å². The van der Waals surface area contributed by atoms with Crippen molar-refractivity contribution in [3.05, 3.63) is 140 Å². The minimum absolute atomic E-state index is 0.140. The van der Waals surface area contributed by atoms with Crippen molar-refractivity contribution in [1.82, 2.24) is 0 Å². The third-order valence-corrected chi connectivity index (χ3v) is 7.36. The van der Waals surface area contributed by atoms with Gasteiger partial charge in [0.05, 0.1) is 13.2 Å². The molecule has 0 saturated heterocycles. The smallest absolute Gasteiger partial charge is 0.374 e. The number of hydrogen-bond acceptors (Lipinski definition) is 8. The van der Waals surface area contributed by atoms with Gasteiger partial charge in [0.1, 0.15) is 29.6 Å². The molecule has 0 radical (unpaired) electrons. The van der Waals surface area contributed by atoms with Gasteiger partial charge in [0.2, 0.25) is 11.5 Å². The summed E-state index contributed by atoms with van der Waals surface area (Å²) in [5, 5.41) is 10.9. The Hall–Kier alpha value is -4.66. The Morgan fingerprint density at radius 1 is 0.702 bits per heavy atom. The van der Waals surface area contributed by atoms with Gasteiger partial charge in [-0.05, 0) is 81.8 Å². The molecule has 3 aromatic carbocycles. The lowest BCUT2D eigenvalue weighted by molar-refractivity contribution is 0.0478. The monoisotopic (exact) mass is 678 g/mol. The first kappa shape index (κ1) is 35.2. The molecule has 0 fully saturated rings. The molecule has 2 aromatic heterocycles. The van der Waals surface area contributed by atoms with Crippen LogP contribution >= 0.6 is 23.2 Å². The third kappa shape index (κ3) is 9.91. The Bertz CT molecular complexity index is 1810. The van der Waals surface area contributed by atoms with E-state index >= 15 is 0 Å². The van der Waals surface area contributed by atoms with Crippen LogP contribution in [0.5, 0.6) is 11.5 Å². The number of aromatic hydroxyl groups is 1. The molecule has 246 valence electrons. The second-order valence-electron chi connectivity index (χ2n) is 10.5. The third-order valence-electron chi connectivity index (χ3n) is 6.89. The van der Waals surface area contributed by atoms with Crippen LogP contribution in [0.4, 0.5) is 0 Å². The van der Waals surface area contributed by atoms with Crippen molar-refractivity contribution in [2.24, 2.45) is 0 Å². The molecule has 0 atom stereocenters. The lowest BCUT2D eigenvalue weighted by Gasteiger charge is -2.11. The van der Waals surface area contributed by atoms with Crippen LogP contribution in [-0.2, 0) is 28.9 Å². The van der Waals surface area contributed by atoms with Crippen LogP contribution < -0.4 is 4.74 Å². The van der Waals surface area contributed by atoms with E-state index in [0.29, 0.717) is 65.4 Å². The van der Waals surface area contributed by atoms with Gasteiger partial charge in [0, 0.05) is 45.1 Å². The number of furan rings is 2. The second kappa shape index (κ2) is 16.8. The number of carbonyl (C=O) groups excluding carboxylic acids is 2. The van der Waals surface area contributed by atoms with Crippen molar-refractivity contribution in [3.63, 3.8) is 0 Å². The zero-order valence-corrected chi connectivity index (χ0v) is 28.1. The van der Waals surface area contributed by atoms with Gasteiger partial charge in [-0.2, -0.15) is 0 Å². The Morgan fingerprint density at radius 2 is 1.21 bits per heavy atom. The Labute approximate surface area is 283 Å². The number of carbonyl (C=O) groups is 2. The number of aryl methyl sites for hydroxylation is 2. The highest BCUT2D eigenvalue weighted by atomic mass is 35.5. The fourth-order valence-electron chi connectivity index (χ4n) is 4.70. The van der Waals surface area contributed by atoms with Crippen molar-refractivity contribution in [2.75, 3.05) is 13.2 Å². The molecule has 5 aromatic rings. The maximum atomic E-state index is 11.9. The van der Waals surface area contributed by atoms with Crippen LogP contribution in [0.15, 0.2) is 87.7 Å². The minimum atomic E-state index is -0.480. The normalized spacial score (nSPS) is 10.6. The van der Waals surface area contributed by atoms with Crippen LogP contribution in [0.3, 0.4) is 0 Å². The number of benzene rings is 3. The number of phenolic OH excluding ortho intramolecular Hbond substituents is 1. The number of hydrogen-bond donors (Lipinski definition) is 1. The molecule has 0 aliphatic heterocycles. The van der Waals surface area contributed by atoms with Crippen LogP contribution in [0, 0.1) is 13.8 Å². The average molecular weight is 680 g/mol. The SMILES string of the molecule is CCOC(=O)c1oc(Cc2cc(Cl)ccc2O)cc1C.CCOC(=O)c1oc(Cc2cc(Cl)ccc2OCc2ccccc2)cc1C. The zero-order chi connectivity index (χ0) is 33.9. The van der Waals surface area contributed by atoms with Gasteiger partial charge < -0.3 is 28.2 Å². The van der Waals surface area contributed by atoms with Crippen molar-refractivity contribution in [3.8, 4) is 11.5 Å². The van der Waals surface area contributed by atoms with Crippen LogP contribution in [0.2, 0.25) is 10.0 Å². The lowest BCUT2D eigenvalue weighted by Crippen LogP contribution is -2.04. The van der Waals surface area contributed by atoms with Gasteiger partial charge in [-0.1, -0.05) is 53.5 Å². The number of rotatable bonds is 11. The quantitative estimate of drug-likeness (QED) is 0.138. The van der Waals surface area contributed by atoms with E-state index in [1.807, 2.05) is 55.5 Å². The Balaban J connectivity index is 0.000000223. The summed E-state index contributed by atoms with van der Waals surface area (Å²) in [6.45, 7) is 8.16. The summed E-state index contributed by atoms with van der Waals surface area (Å²) in [6, 6.07) is 23.8. The fourth-order valence-corrected chi connectivity index (χ4v) is 5.09. The molecule has 10 heteroatoms. The predicted octanol–water partition coefficient (Wildman–Crippen LogP) is 9.30. The van der Waals surface area contributed by atoms with E-state index < -0.39 is 11.9 Å². The number of esters is 2. The highest BCUT2D eigenvalue weighted by Gasteiger charge is 2.19. The average Bonchev–Trinajstić information content (AvgIpc) is 3.60. The van der Waals surface area contributed by atoms with E-state index in [-0.39, 0.29) is 17.3 Å². The molecule has 1 N–H and O–H groups in total. The summed E-state index contributed by atoms with van der Waals surface area (Å²) in [5.41, 5.74) is 4.07. The lowest BCUT2D eigenvalue weighted by atomic mass is 10.1. The number of halogens is 2. The van der Waals surface area contributed by atoms with Gasteiger partial charge in [-0.3, -0.25) is 0 Å².